The molecule has 0 aliphatic carbocycles. The number of hydrogen-bond acceptors (Lipinski definition) is 3. The highest BCUT2D eigenvalue weighted by Crippen LogP contribution is 2.21. The molecule has 1 aromatic rings. The van der Waals surface area contributed by atoms with Crippen molar-refractivity contribution in [3.63, 3.8) is 0 Å². The molecule has 0 saturated heterocycles. The van der Waals surface area contributed by atoms with Crippen LogP contribution in [0.5, 0.6) is 0 Å². The molecule has 1 amide bonds. The van der Waals surface area contributed by atoms with Gasteiger partial charge in [0.15, 0.2) is 0 Å². The van der Waals surface area contributed by atoms with E-state index in [1.54, 1.807) is 4.90 Å². The van der Waals surface area contributed by atoms with E-state index in [0.717, 1.165) is 34.6 Å². The van der Waals surface area contributed by atoms with E-state index in [-0.39, 0.29) is 6.09 Å². The van der Waals surface area contributed by atoms with Gasteiger partial charge in [-0.25, -0.2) is 4.79 Å². The zero-order chi connectivity index (χ0) is 17.5. The average Bonchev–Trinajstić information content (AvgIpc) is 2.42. The number of hydrogen-bond donors (Lipinski definition) is 1. The Morgan fingerprint density at radius 3 is 2.65 bits per heavy atom. The summed E-state index contributed by atoms with van der Waals surface area (Å²) < 4.78 is 6.39. The van der Waals surface area contributed by atoms with E-state index in [4.69, 9.17) is 16.3 Å². The molecule has 0 fully saturated rings. The SMILES string of the molecule is CCN(CCCNCc1ccc(Cl)cc1Br)C(=O)OC(C)(C)C. The van der Waals surface area contributed by atoms with Crippen LogP contribution < -0.4 is 5.32 Å². The van der Waals surface area contributed by atoms with E-state index >= 15 is 0 Å². The molecule has 6 heteroatoms. The summed E-state index contributed by atoms with van der Waals surface area (Å²) in [5, 5.41) is 4.10. The van der Waals surface area contributed by atoms with Gasteiger partial charge in [0.1, 0.15) is 5.60 Å². The summed E-state index contributed by atoms with van der Waals surface area (Å²) in [6.45, 7) is 10.5. The van der Waals surface area contributed by atoms with Crippen LogP contribution in [0, 0.1) is 0 Å². The molecule has 23 heavy (non-hydrogen) atoms. The first kappa shape index (κ1) is 20.3. The highest BCUT2D eigenvalue weighted by atomic mass is 79.9. The largest absolute Gasteiger partial charge is 0.444 e. The molecule has 4 nitrogen and oxygen atoms in total. The van der Waals surface area contributed by atoms with Crippen molar-refractivity contribution < 1.29 is 9.53 Å². The fourth-order valence-electron chi connectivity index (χ4n) is 1.99. The Morgan fingerprint density at radius 2 is 2.09 bits per heavy atom. The van der Waals surface area contributed by atoms with E-state index in [0.29, 0.717) is 13.1 Å². The lowest BCUT2D eigenvalue weighted by molar-refractivity contribution is 0.0258. The van der Waals surface area contributed by atoms with Gasteiger partial charge in [0, 0.05) is 29.1 Å². The minimum absolute atomic E-state index is 0.250. The molecule has 0 saturated carbocycles. The van der Waals surface area contributed by atoms with Crippen molar-refractivity contribution >= 4 is 33.6 Å². The third-order valence-electron chi connectivity index (χ3n) is 3.15. The summed E-state index contributed by atoms with van der Waals surface area (Å²) in [4.78, 5) is 13.7. The first-order valence-corrected chi connectivity index (χ1v) is 9.02. The molecule has 0 radical (unpaired) electrons. The number of carbonyl (C=O) groups is 1. The van der Waals surface area contributed by atoms with Crippen molar-refractivity contribution in [2.45, 2.75) is 46.3 Å². The minimum Gasteiger partial charge on any atom is -0.444 e. The molecule has 1 aromatic carbocycles. The predicted molar refractivity (Wildman–Crippen MR) is 99.0 cm³/mol. The summed E-state index contributed by atoms with van der Waals surface area (Å²) in [6.07, 6.45) is 0.624. The van der Waals surface area contributed by atoms with Crippen LogP contribution in [0.15, 0.2) is 22.7 Å². The first-order chi connectivity index (χ1) is 10.7. The van der Waals surface area contributed by atoms with Crippen LogP contribution >= 0.6 is 27.5 Å². The molecule has 0 heterocycles. The number of benzene rings is 1. The topological polar surface area (TPSA) is 41.6 Å². The standard InChI is InChI=1S/C17H26BrClN2O2/c1-5-21(16(22)23-17(2,3)4)10-6-9-20-12-13-7-8-14(19)11-15(13)18/h7-8,11,20H,5-6,9-10,12H2,1-4H3. The van der Waals surface area contributed by atoms with E-state index in [9.17, 15) is 4.79 Å². The second-order valence-corrected chi connectivity index (χ2v) is 7.62. The number of nitrogens with one attached hydrogen (secondary N) is 1. The Bertz CT molecular complexity index is 518. The van der Waals surface area contributed by atoms with E-state index in [1.807, 2.05) is 45.9 Å². The van der Waals surface area contributed by atoms with Gasteiger partial charge < -0.3 is 15.0 Å². The van der Waals surface area contributed by atoms with Gasteiger partial charge in [-0.3, -0.25) is 0 Å². The maximum Gasteiger partial charge on any atom is 0.410 e. The minimum atomic E-state index is -0.455. The molecule has 0 atom stereocenters. The van der Waals surface area contributed by atoms with Crippen LogP contribution in [0.1, 0.15) is 39.7 Å². The highest BCUT2D eigenvalue weighted by molar-refractivity contribution is 9.10. The van der Waals surface area contributed by atoms with E-state index in [1.165, 1.54) is 0 Å². The number of rotatable bonds is 7. The Morgan fingerprint density at radius 1 is 1.39 bits per heavy atom. The Labute approximate surface area is 152 Å². The molecule has 0 aliphatic rings. The third kappa shape index (κ3) is 8.04. The van der Waals surface area contributed by atoms with E-state index < -0.39 is 5.60 Å². The molecule has 0 bridgehead atoms. The van der Waals surface area contributed by atoms with Gasteiger partial charge in [0.25, 0.3) is 0 Å². The summed E-state index contributed by atoms with van der Waals surface area (Å²) >= 11 is 9.43. The van der Waals surface area contributed by atoms with Crippen LogP contribution in [0.3, 0.4) is 0 Å². The van der Waals surface area contributed by atoms with Gasteiger partial charge in [0.05, 0.1) is 0 Å². The van der Waals surface area contributed by atoms with Crippen molar-refractivity contribution in [1.29, 1.82) is 0 Å². The van der Waals surface area contributed by atoms with Crippen molar-refractivity contribution in [3.05, 3.63) is 33.3 Å². The quantitative estimate of drug-likeness (QED) is 0.660. The summed E-state index contributed by atoms with van der Waals surface area (Å²) in [5.41, 5.74) is 0.706. The molecule has 0 unspecified atom stereocenters. The smallest absolute Gasteiger partial charge is 0.410 e. The number of amides is 1. The normalized spacial score (nSPS) is 11.4. The molecular weight excluding hydrogens is 380 g/mol. The van der Waals surface area contributed by atoms with E-state index in [2.05, 4.69) is 21.2 Å². The zero-order valence-corrected chi connectivity index (χ0v) is 16.6. The summed E-state index contributed by atoms with van der Waals surface area (Å²) in [5.74, 6) is 0. The lowest BCUT2D eigenvalue weighted by atomic mass is 10.2. The molecule has 0 spiro atoms. The van der Waals surface area contributed by atoms with Crippen molar-refractivity contribution in [2.75, 3.05) is 19.6 Å². The molecular formula is C17H26BrClN2O2. The van der Waals surface area contributed by atoms with Crippen LogP contribution in [0.25, 0.3) is 0 Å². The number of ether oxygens (including phenoxy) is 1. The van der Waals surface area contributed by atoms with Gasteiger partial charge in [0.2, 0.25) is 0 Å². The number of halogens is 2. The second kappa shape index (κ2) is 9.50. The monoisotopic (exact) mass is 404 g/mol. The Hall–Kier alpha value is -0.780. The fraction of sp³-hybridized carbons (Fsp3) is 0.588. The first-order valence-electron chi connectivity index (χ1n) is 7.85. The molecule has 130 valence electrons. The van der Waals surface area contributed by atoms with Crippen LogP contribution in [0.4, 0.5) is 4.79 Å². The van der Waals surface area contributed by atoms with Gasteiger partial charge >= 0.3 is 6.09 Å². The highest BCUT2D eigenvalue weighted by Gasteiger charge is 2.20. The summed E-state index contributed by atoms with van der Waals surface area (Å²) in [7, 11) is 0. The molecule has 1 N–H and O–H groups in total. The number of nitrogens with zero attached hydrogens (tertiary/aromatic N) is 1. The number of carbonyl (C=O) groups excluding carboxylic acids is 1. The van der Waals surface area contributed by atoms with Crippen LogP contribution in [-0.2, 0) is 11.3 Å². The van der Waals surface area contributed by atoms with Crippen molar-refractivity contribution in [1.82, 2.24) is 10.2 Å². The maximum atomic E-state index is 12.0. The van der Waals surface area contributed by atoms with Gasteiger partial charge in [-0.1, -0.05) is 33.6 Å². The average molecular weight is 406 g/mol. The molecule has 1 rings (SSSR count). The van der Waals surface area contributed by atoms with Crippen molar-refractivity contribution in [2.24, 2.45) is 0 Å². The van der Waals surface area contributed by atoms with Gasteiger partial charge in [-0.2, -0.15) is 0 Å². The molecule has 0 aliphatic heterocycles. The summed E-state index contributed by atoms with van der Waals surface area (Å²) in [6, 6.07) is 5.77. The van der Waals surface area contributed by atoms with Crippen LogP contribution in [-0.4, -0.2) is 36.2 Å². The lowest BCUT2D eigenvalue weighted by Crippen LogP contribution is -2.38. The van der Waals surface area contributed by atoms with Gasteiger partial charge in [-0.05, 0) is 58.4 Å². The second-order valence-electron chi connectivity index (χ2n) is 6.33. The van der Waals surface area contributed by atoms with Gasteiger partial charge in [-0.15, -0.1) is 0 Å². The fourth-order valence-corrected chi connectivity index (χ4v) is 2.81. The lowest BCUT2D eigenvalue weighted by Gasteiger charge is -2.26. The van der Waals surface area contributed by atoms with Crippen molar-refractivity contribution in [3.8, 4) is 0 Å². The third-order valence-corrected chi connectivity index (χ3v) is 4.12. The maximum absolute atomic E-state index is 12.0. The predicted octanol–water partition coefficient (Wildman–Crippen LogP) is 4.84. The zero-order valence-electron chi connectivity index (χ0n) is 14.3. The van der Waals surface area contributed by atoms with Crippen LogP contribution in [0.2, 0.25) is 5.02 Å². The Balaban J connectivity index is 2.31. The molecule has 0 aromatic heterocycles. The Kier molecular flexibility index (Phi) is 8.37.